The maximum atomic E-state index is 6.33. The van der Waals surface area contributed by atoms with E-state index in [1.165, 1.54) is 54.9 Å². The molecule has 3 aromatic rings. The first-order chi connectivity index (χ1) is 14.2. The van der Waals surface area contributed by atoms with Gasteiger partial charge in [0.25, 0.3) is 0 Å². The molecule has 0 aliphatic heterocycles. The molecule has 0 aromatic heterocycles. The summed E-state index contributed by atoms with van der Waals surface area (Å²) in [6.45, 7) is 1.16. The standard InChI is InChI=1S/C25H27Cl2NO/c26-23-12-7-13-24(27)22(23)17-29-25-15-14-18-8-5-6-11-20(18)21(25)16-28-19-9-3-1-2-4-10-19/h5-8,11-15,19,28H,1-4,9-10,16-17H2. The number of nitrogens with one attached hydrogen (secondary N) is 1. The molecule has 1 fully saturated rings. The second-order valence-electron chi connectivity index (χ2n) is 7.82. The van der Waals surface area contributed by atoms with Gasteiger partial charge in [-0.3, -0.25) is 0 Å². The Hall–Kier alpha value is -1.74. The van der Waals surface area contributed by atoms with Crippen LogP contribution in [0.3, 0.4) is 0 Å². The van der Waals surface area contributed by atoms with E-state index >= 15 is 0 Å². The predicted octanol–water partition coefficient (Wildman–Crippen LogP) is 7.54. The van der Waals surface area contributed by atoms with Crippen molar-refractivity contribution in [2.45, 2.75) is 57.7 Å². The van der Waals surface area contributed by atoms with Crippen molar-refractivity contribution in [2.75, 3.05) is 0 Å². The minimum atomic E-state index is 0.354. The maximum Gasteiger partial charge on any atom is 0.124 e. The SMILES string of the molecule is Clc1cccc(Cl)c1COc1ccc2ccccc2c1CNC1CCCCCC1. The van der Waals surface area contributed by atoms with Crippen molar-refractivity contribution < 1.29 is 4.74 Å². The van der Waals surface area contributed by atoms with Gasteiger partial charge in [0.1, 0.15) is 12.4 Å². The van der Waals surface area contributed by atoms with E-state index in [0.29, 0.717) is 22.7 Å². The Morgan fingerprint density at radius 3 is 2.28 bits per heavy atom. The molecule has 0 atom stereocenters. The fourth-order valence-corrected chi connectivity index (χ4v) is 4.69. The van der Waals surface area contributed by atoms with Gasteiger partial charge in [0, 0.05) is 33.8 Å². The number of ether oxygens (including phenoxy) is 1. The van der Waals surface area contributed by atoms with E-state index in [9.17, 15) is 0 Å². The van der Waals surface area contributed by atoms with Crippen molar-refractivity contribution in [3.63, 3.8) is 0 Å². The Morgan fingerprint density at radius 1 is 0.793 bits per heavy atom. The molecule has 1 saturated carbocycles. The second-order valence-corrected chi connectivity index (χ2v) is 8.64. The lowest BCUT2D eigenvalue weighted by atomic mass is 10.0. The Balaban J connectivity index is 1.58. The molecule has 0 saturated heterocycles. The molecular weight excluding hydrogens is 401 g/mol. The number of rotatable bonds is 6. The average Bonchev–Trinajstić information content (AvgIpc) is 3.01. The van der Waals surface area contributed by atoms with E-state index in [1.807, 2.05) is 18.2 Å². The zero-order valence-electron chi connectivity index (χ0n) is 16.6. The quantitative estimate of drug-likeness (QED) is 0.410. The zero-order valence-corrected chi connectivity index (χ0v) is 18.1. The van der Waals surface area contributed by atoms with Gasteiger partial charge in [-0.05, 0) is 41.8 Å². The summed E-state index contributed by atoms with van der Waals surface area (Å²) in [7, 11) is 0. The minimum Gasteiger partial charge on any atom is -0.488 e. The van der Waals surface area contributed by atoms with Crippen molar-refractivity contribution >= 4 is 34.0 Å². The fourth-order valence-electron chi connectivity index (χ4n) is 4.18. The van der Waals surface area contributed by atoms with Crippen LogP contribution in [-0.4, -0.2) is 6.04 Å². The highest BCUT2D eigenvalue weighted by atomic mass is 35.5. The highest BCUT2D eigenvalue weighted by Gasteiger charge is 2.15. The van der Waals surface area contributed by atoms with Gasteiger partial charge in [-0.1, -0.05) is 85.3 Å². The number of hydrogen-bond acceptors (Lipinski definition) is 2. The first-order valence-corrected chi connectivity index (χ1v) is 11.3. The molecule has 0 radical (unpaired) electrons. The molecule has 0 spiro atoms. The molecule has 0 amide bonds. The molecule has 29 heavy (non-hydrogen) atoms. The first kappa shape index (κ1) is 20.5. The third-order valence-corrected chi connectivity index (χ3v) is 6.56. The lowest BCUT2D eigenvalue weighted by Crippen LogP contribution is -2.28. The summed E-state index contributed by atoms with van der Waals surface area (Å²) in [4.78, 5) is 0. The summed E-state index contributed by atoms with van der Waals surface area (Å²) in [5.41, 5.74) is 2.03. The lowest BCUT2D eigenvalue weighted by molar-refractivity contribution is 0.302. The normalized spacial score (nSPS) is 15.4. The number of fused-ring (bicyclic) bond motifs is 1. The molecule has 0 heterocycles. The summed E-state index contributed by atoms with van der Waals surface area (Å²) in [5, 5.41) is 7.53. The summed E-state index contributed by atoms with van der Waals surface area (Å²) >= 11 is 12.7. The number of hydrogen-bond donors (Lipinski definition) is 1. The Morgan fingerprint density at radius 2 is 1.52 bits per heavy atom. The minimum absolute atomic E-state index is 0.354. The summed E-state index contributed by atoms with van der Waals surface area (Å²) < 4.78 is 6.25. The second kappa shape index (κ2) is 9.84. The Labute approximate surface area is 183 Å². The van der Waals surface area contributed by atoms with Crippen LogP contribution in [0.1, 0.15) is 49.7 Å². The van der Waals surface area contributed by atoms with Crippen LogP contribution in [0, 0.1) is 0 Å². The highest BCUT2D eigenvalue weighted by Crippen LogP contribution is 2.31. The molecule has 4 heteroatoms. The molecule has 1 aliphatic rings. The summed E-state index contributed by atoms with van der Waals surface area (Å²) in [6.07, 6.45) is 7.88. The van der Waals surface area contributed by atoms with Crippen LogP contribution in [-0.2, 0) is 13.2 Å². The zero-order chi connectivity index (χ0) is 20.1. The molecule has 0 bridgehead atoms. The molecular formula is C25H27Cl2NO. The predicted molar refractivity (Wildman–Crippen MR) is 123 cm³/mol. The van der Waals surface area contributed by atoms with E-state index in [1.54, 1.807) is 0 Å². The third-order valence-electron chi connectivity index (χ3n) is 5.85. The van der Waals surface area contributed by atoms with Crippen LogP contribution in [0.2, 0.25) is 10.0 Å². The van der Waals surface area contributed by atoms with Crippen molar-refractivity contribution in [1.29, 1.82) is 0 Å². The summed E-state index contributed by atoms with van der Waals surface area (Å²) in [6, 6.07) is 18.8. The molecule has 152 valence electrons. The van der Waals surface area contributed by atoms with Gasteiger partial charge < -0.3 is 10.1 Å². The molecule has 1 aliphatic carbocycles. The maximum absolute atomic E-state index is 6.33. The van der Waals surface area contributed by atoms with Crippen LogP contribution in [0.5, 0.6) is 5.75 Å². The van der Waals surface area contributed by atoms with Gasteiger partial charge in [-0.25, -0.2) is 0 Å². The van der Waals surface area contributed by atoms with E-state index < -0.39 is 0 Å². The van der Waals surface area contributed by atoms with Crippen LogP contribution in [0.15, 0.2) is 54.6 Å². The average molecular weight is 428 g/mol. The van der Waals surface area contributed by atoms with Crippen molar-refractivity contribution in [3.8, 4) is 5.75 Å². The number of benzene rings is 3. The Kier molecular flexibility index (Phi) is 6.97. The Bertz CT molecular complexity index is 944. The van der Waals surface area contributed by atoms with Gasteiger partial charge in [0.2, 0.25) is 0 Å². The smallest absolute Gasteiger partial charge is 0.124 e. The van der Waals surface area contributed by atoms with Crippen molar-refractivity contribution in [2.24, 2.45) is 0 Å². The summed E-state index contributed by atoms with van der Waals surface area (Å²) in [5.74, 6) is 0.890. The van der Waals surface area contributed by atoms with Crippen LogP contribution < -0.4 is 10.1 Å². The van der Waals surface area contributed by atoms with Gasteiger partial charge in [0.15, 0.2) is 0 Å². The lowest BCUT2D eigenvalue weighted by Gasteiger charge is -2.20. The van der Waals surface area contributed by atoms with E-state index in [0.717, 1.165) is 17.9 Å². The topological polar surface area (TPSA) is 21.3 Å². The van der Waals surface area contributed by atoms with Crippen molar-refractivity contribution in [1.82, 2.24) is 5.32 Å². The molecule has 1 N–H and O–H groups in total. The van der Waals surface area contributed by atoms with Crippen LogP contribution >= 0.6 is 23.2 Å². The van der Waals surface area contributed by atoms with Gasteiger partial charge in [-0.2, -0.15) is 0 Å². The highest BCUT2D eigenvalue weighted by molar-refractivity contribution is 6.35. The van der Waals surface area contributed by atoms with E-state index in [4.69, 9.17) is 27.9 Å². The monoisotopic (exact) mass is 427 g/mol. The van der Waals surface area contributed by atoms with Gasteiger partial charge in [-0.15, -0.1) is 0 Å². The largest absolute Gasteiger partial charge is 0.488 e. The van der Waals surface area contributed by atoms with Crippen LogP contribution in [0.25, 0.3) is 10.8 Å². The molecule has 3 aromatic carbocycles. The fraction of sp³-hybridized carbons (Fsp3) is 0.360. The van der Waals surface area contributed by atoms with Gasteiger partial charge in [0.05, 0.1) is 0 Å². The third kappa shape index (κ3) is 5.06. The van der Waals surface area contributed by atoms with Crippen LogP contribution in [0.4, 0.5) is 0 Å². The van der Waals surface area contributed by atoms with E-state index in [2.05, 4.69) is 41.7 Å². The molecule has 4 rings (SSSR count). The van der Waals surface area contributed by atoms with E-state index in [-0.39, 0.29) is 0 Å². The molecule has 0 unspecified atom stereocenters. The number of halogens is 2. The van der Waals surface area contributed by atoms with Crippen molar-refractivity contribution in [3.05, 3.63) is 75.8 Å². The first-order valence-electron chi connectivity index (χ1n) is 10.5. The molecule has 2 nitrogen and oxygen atoms in total. The van der Waals surface area contributed by atoms with Gasteiger partial charge >= 0.3 is 0 Å².